The van der Waals surface area contributed by atoms with Gasteiger partial charge in [0.05, 0.1) is 37.6 Å². The number of nitrogens with zero attached hydrogens (tertiary/aromatic N) is 1. The van der Waals surface area contributed by atoms with Crippen LogP contribution in [-0.4, -0.2) is 145 Å². The first-order valence-electron chi connectivity index (χ1n) is 25.0. The monoisotopic (exact) mass is 958 g/mol. The minimum absolute atomic E-state index is 0.0158. The number of esters is 1. The van der Waals surface area contributed by atoms with Crippen molar-refractivity contribution in [3.05, 3.63) is 47.6 Å². The molecule has 0 aromatic heterocycles. The lowest BCUT2D eigenvalue weighted by atomic mass is 9.78. The number of ketones is 3. The number of carbonyl (C=O) groups excluding carboxylic acids is 5. The van der Waals surface area contributed by atoms with Gasteiger partial charge >= 0.3 is 5.97 Å². The van der Waals surface area contributed by atoms with E-state index in [9.17, 15) is 39.3 Å². The number of methoxy groups -OCH3 is 3. The Labute approximate surface area is 405 Å². The van der Waals surface area contributed by atoms with E-state index >= 15 is 0 Å². The fraction of sp³-hybridized carbons (Fsp3) is 0.755. The van der Waals surface area contributed by atoms with Crippen molar-refractivity contribution in [3.63, 3.8) is 0 Å². The zero-order chi connectivity index (χ0) is 50.3. The normalized spacial score (nSPS) is 37.9. The minimum atomic E-state index is -2.43. The molecule has 1 amide bonds. The molecule has 0 spiro atoms. The molecular weight excluding hydrogens is 875 g/mol. The summed E-state index contributed by atoms with van der Waals surface area (Å²) >= 11 is 0. The lowest BCUT2D eigenvalue weighted by molar-refractivity contribution is -0.265. The number of piperidine rings is 1. The number of fused-ring (bicyclic) bond motifs is 3. The number of rotatable bonds is 9. The van der Waals surface area contributed by atoms with Crippen LogP contribution in [0.1, 0.15) is 126 Å². The van der Waals surface area contributed by atoms with E-state index in [1.54, 1.807) is 41.1 Å². The average molecular weight is 958 g/mol. The zero-order valence-corrected chi connectivity index (χ0v) is 42.4. The third-order valence-corrected chi connectivity index (χ3v) is 14.9. The van der Waals surface area contributed by atoms with Crippen LogP contribution >= 0.6 is 0 Å². The topological polar surface area (TPSA) is 205 Å². The molecule has 68 heavy (non-hydrogen) atoms. The summed E-state index contributed by atoms with van der Waals surface area (Å²) in [6, 6.07) is -1.14. The molecule has 0 unspecified atom stereocenters. The van der Waals surface area contributed by atoms with Crippen LogP contribution in [0.2, 0.25) is 0 Å². The molecule has 1 saturated carbocycles. The maximum absolute atomic E-state index is 14.5. The second-order valence-electron chi connectivity index (χ2n) is 20.2. The molecular formula is C53H83NO14. The smallest absolute Gasteiger partial charge is 0.329 e. The van der Waals surface area contributed by atoms with Crippen LogP contribution in [-0.2, 0) is 52.4 Å². The van der Waals surface area contributed by atoms with Gasteiger partial charge in [0.15, 0.2) is 5.78 Å². The van der Waals surface area contributed by atoms with Crippen LogP contribution in [0.5, 0.6) is 0 Å². The number of allylic oxidation sites excluding steroid dienone is 6. The largest absolute Gasteiger partial charge is 0.460 e. The van der Waals surface area contributed by atoms with E-state index in [0.29, 0.717) is 63.4 Å². The lowest BCUT2D eigenvalue weighted by Gasteiger charge is -2.42. The molecule has 0 radical (unpaired) electrons. The summed E-state index contributed by atoms with van der Waals surface area (Å²) in [7, 11) is 4.58. The molecule has 0 aromatic carbocycles. The standard InChI is InChI=1S/C53H83NO14/c1-32-16-12-11-13-17-33(2)44(63-8)30-40-21-19-38(7)53(62,68-40)50(59)51(60)54-23-15-14-18-41(54)52(61)67-45(35(4)28-39-20-22-43(66-25-24-55)46(29-39)64-9)31-42(56)34(3)27-37(6)48(58)49(65-10)47(57)36(5)26-32/h11-13,16-17,27,32,34-36,38-41,43-46,48-49,55,58,62H,14-15,18-26,28-31H2,1-10H3/b13-11?,16-12+,33-17?,37-27+/t32-,34-,35+,36-,38-,39+,40-,41+,43+,44+,45+,46-,48-,49-,53-/m1/s1. The van der Waals surface area contributed by atoms with Gasteiger partial charge in [0.1, 0.15) is 30.1 Å². The molecule has 15 heteroatoms. The molecule has 15 atom stereocenters. The first kappa shape index (κ1) is 57.2. The Morgan fingerprint density at radius 1 is 0.853 bits per heavy atom. The number of carbonyl (C=O) groups is 5. The second-order valence-corrected chi connectivity index (χ2v) is 20.2. The van der Waals surface area contributed by atoms with Crippen molar-refractivity contribution in [2.45, 2.75) is 180 Å². The lowest BCUT2D eigenvalue weighted by Crippen LogP contribution is -2.61. The molecule has 4 aliphatic rings. The third-order valence-electron chi connectivity index (χ3n) is 14.9. The molecule has 384 valence electrons. The fourth-order valence-corrected chi connectivity index (χ4v) is 10.5. The number of hydrogen-bond donors (Lipinski definition) is 3. The maximum atomic E-state index is 14.5. The van der Waals surface area contributed by atoms with E-state index in [1.807, 2.05) is 58.1 Å². The van der Waals surface area contributed by atoms with Gasteiger partial charge in [-0.3, -0.25) is 19.2 Å². The first-order valence-corrected chi connectivity index (χ1v) is 25.0. The quantitative estimate of drug-likeness (QED) is 0.134. The van der Waals surface area contributed by atoms with Crippen molar-refractivity contribution < 1.29 is 67.7 Å². The van der Waals surface area contributed by atoms with Gasteiger partial charge in [-0.1, -0.05) is 71.1 Å². The Hall–Kier alpha value is -3.41. The summed E-state index contributed by atoms with van der Waals surface area (Å²) in [5.41, 5.74) is 1.26. The van der Waals surface area contributed by atoms with Crippen LogP contribution in [0.25, 0.3) is 0 Å². The van der Waals surface area contributed by atoms with Crippen LogP contribution in [0.4, 0.5) is 0 Å². The maximum Gasteiger partial charge on any atom is 0.329 e. The van der Waals surface area contributed by atoms with Crippen molar-refractivity contribution in [2.24, 2.45) is 35.5 Å². The summed E-state index contributed by atoms with van der Waals surface area (Å²) in [5, 5.41) is 32.8. The van der Waals surface area contributed by atoms with Gasteiger partial charge in [-0.2, -0.15) is 0 Å². The van der Waals surface area contributed by atoms with Gasteiger partial charge in [-0.05, 0) is 107 Å². The minimum Gasteiger partial charge on any atom is -0.460 e. The van der Waals surface area contributed by atoms with Gasteiger partial charge in [0.25, 0.3) is 11.7 Å². The molecule has 3 fully saturated rings. The SMILES string of the molecule is CO[C@H]1C[C@H]2CC[C@@H](C)[C@@](O)(O2)C(=O)C(=O)N2CCCC[C@H]2C(=O)O[C@H]([C@@H](C)C[C@@H]2CC[C@H](OCCO)[C@H](OC)C2)CC(=O)[C@H](C)/C=C(\C)[C@@H](O)[C@H](OC)C(=O)[C@H](C)C[C@H](C)/C=C/C=CC=C1C. The summed E-state index contributed by atoms with van der Waals surface area (Å²) in [6.07, 6.45) is 12.0. The zero-order valence-electron chi connectivity index (χ0n) is 42.4. The molecule has 2 saturated heterocycles. The Morgan fingerprint density at radius 2 is 1.59 bits per heavy atom. The Morgan fingerprint density at radius 3 is 2.26 bits per heavy atom. The van der Waals surface area contributed by atoms with E-state index in [-0.39, 0.29) is 74.1 Å². The van der Waals surface area contributed by atoms with Crippen LogP contribution in [0, 0.1) is 35.5 Å². The van der Waals surface area contributed by atoms with Gasteiger partial charge < -0.3 is 48.6 Å². The number of Topliss-reactive ketones (excluding diaryl/α,β-unsaturated/α-hetero) is 3. The van der Waals surface area contributed by atoms with E-state index in [4.69, 9.17) is 28.4 Å². The van der Waals surface area contributed by atoms with Gasteiger partial charge in [0, 0.05) is 58.5 Å². The summed E-state index contributed by atoms with van der Waals surface area (Å²) in [6.45, 7) is 12.9. The van der Waals surface area contributed by atoms with E-state index < -0.39 is 77.8 Å². The molecule has 3 aliphatic heterocycles. The summed E-state index contributed by atoms with van der Waals surface area (Å²) in [5.74, 6) is -7.96. The van der Waals surface area contributed by atoms with Crippen LogP contribution < -0.4 is 0 Å². The van der Waals surface area contributed by atoms with Crippen molar-refractivity contribution in [1.82, 2.24) is 4.90 Å². The van der Waals surface area contributed by atoms with E-state index in [0.717, 1.165) is 12.0 Å². The van der Waals surface area contributed by atoms with Crippen LogP contribution in [0.15, 0.2) is 47.6 Å². The number of amides is 1. The molecule has 15 nitrogen and oxygen atoms in total. The highest BCUT2D eigenvalue weighted by molar-refractivity contribution is 6.39. The number of aliphatic hydroxyl groups excluding tert-OH is 2. The van der Waals surface area contributed by atoms with Gasteiger partial charge in [0.2, 0.25) is 5.79 Å². The highest BCUT2D eigenvalue weighted by atomic mass is 16.6. The second kappa shape index (κ2) is 27.3. The highest BCUT2D eigenvalue weighted by Crippen LogP contribution is 2.38. The predicted octanol–water partition coefficient (Wildman–Crippen LogP) is 6.20. The Balaban J connectivity index is 1.70. The average Bonchev–Trinajstić information content (AvgIpc) is 3.32. The van der Waals surface area contributed by atoms with E-state index in [1.165, 1.54) is 12.0 Å². The predicted molar refractivity (Wildman–Crippen MR) is 256 cm³/mol. The molecule has 4 rings (SSSR count). The van der Waals surface area contributed by atoms with Gasteiger partial charge in [-0.15, -0.1) is 0 Å². The molecule has 2 bridgehead atoms. The van der Waals surface area contributed by atoms with Crippen molar-refractivity contribution >= 4 is 29.2 Å². The van der Waals surface area contributed by atoms with Gasteiger partial charge in [-0.25, -0.2) is 4.79 Å². The highest BCUT2D eigenvalue weighted by Gasteiger charge is 2.53. The van der Waals surface area contributed by atoms with Crippen LogP contribution in [0.3, 0.4) is 0 Å². The number of cyclic esters (lactones) is 1. The van der Waals surface area contributed by atoms with E-state index in [2.05, 4.69) is 0 Å². The third kappa shape index (κ3) is 15.3. The fourth-order valence-electron chi connectivity index (χ4n) is 10.5. The van der Waals surface area contributed by atoms with Crippen molar-refractivity contribution in [1.29, 1.82) is 0 Å². The van der Waals surface area contributed by atoms with Crippen molar-refractivity contribution in [2.75, 3.05) is 41.1 Å². The first-order chi connectivity index (χ1) is 32.3. The summed E-state index contributed by atoms with van der Waals surface area (Å²) in [4.78, 5) is 72.1. The molecule has 0 aromatic rings. The van der Waals surface area contributed by atoms with Crippen molar-refractivity contribution in [3.8, 4) is 0 Å². The number of ether oxygens (including phenoxy) is 6. The number of hydrogen-bond acceptors (Lipinski definition) is 14. The Bertz CT molecular complexity index is 1810. The molecule has 3 N–H and O–H groups in total. The number of aliphatic hydroxyl groups is 3. The molecule has 1 aliphatic carbocycles. The summed E-state index contributed by atoms with van der Waals surface area (Å²) < 4.78 is 35.6. The Kier molecular flexibility index (Phi) is 22.9. The molecule has 3 heterocycles.